The summed E-state index contributed by atoms with van der Waals surface area (Å²) in [6, 6.07) is 10.4. The number of phenols is 1. The fraction of sp³-hybridized carbons (Fsp3) is 0.421. The molecule has 0 saturated carbocycles. The Morgan fingerprint density at radius 3 is 2.73 bits per heavy atom. The third kappa shape index (κ3) is 8.74. The largest absolute Gasteiger partial charge is 0.506 e. The second-order valence-electron chi connectivity index (χ2n) is 12.7. The molecule has 2 aliphatic heterocycles. The van der Waals surface area contributed by atoms with Crippen LogP contribution in [0.15, 0.2) is 42.6 Å². The first-order chi connectivity index (χ1) is 25.3. The number of rotatable bonds is 13. The fourth-order valence-electron chi connectivity index (χ4n) is 6.34. The predicted octanol–water partition coefficient (Wildman–Crippen LogP) is 4.42. The summed E-state index contributed by atoms with van der Waals surface area (Å²) < 4.78 is 12.9. The van der Waals surface area contributed by atoms with Crippen molar-refractivity contribution in [1.29, 1.82) is 0 Å². The molecule has 0 radical (unpaired) electrons. The lowest BCUT2D eigenvalue weighted by molar-refractivity contribution is -0.118. The van der Waals surface area contributed by atoms with Crippen LogP contribution in [0.4, 0.5) is 21.9 Å². The number of nitrogens with zero attached hydrogens (tertiary/aromatic N) is 3. The number of phenolic OH excluding ortho intramolecular Hbond substituents is 1. The third-order valence-electron chi connectivity index (χ3n) is 9.11. The van der Waals surface area contributed by atoms with Crippen LogP contribution < -0.4 is 31.3 Å². The fourth-order valence-corrected chi connectivity index (χ4v) is 6.34. The molecule has 1 fully saturated rings. The zero-order valence-electron chi connectivity index (χ0n) is 29.6. The second-order valence-corrected chi connectivity index (χ2v) is 12.7. The highest BCUT2D eigenvalue weighted by Crippen LogP contribution is 2.41. The average Bonchev–Trinajstić information content (AvgIpc) is 3.58. The number of aromatic nitrogens is 3. The van der Waals surface area contributed by atoms with Crippen LogP contribution in [0.2, 0.25) is 0 Å². The van der Waals surface area contributed by atoms with Crippen molar-refractivity contribution in [3.8, 4) is 23.3 Å². The Hall–Kier alpha value is -5.36. The number of urea groups is 1. The molecular formula is C38H46N8O6. The first-order valence-corrected chi connectivity index (χ1v) is 17.9. The van der Waals surface area contributed by atoms with Gasteiger partial charge in [-0.1, -0.05) is 18.8 Å². The lowest BCUT2D eigenvalue weighted by Crippen LogP contribution is -2.31. The van der Waals surface area contributed by atoms with E-state index in [2.05, 4.69) is 50.4 Å². The number of aliphatic hydroxyl groups is 1. The van der Waals surface area contributed by atoms with E-state index >= 15 is 0 Å². The van der Waals surface area contributed by atoms with Crippen LogP contribution >= 0.6 is 0 Å². The summed E-state index contributed by atoms with van der Waals surface area (Å²) in [6.07, 6.45) is 4.94. The normalized spacial score (nSPS) is 14.8. The third-order valence-corrected chi connectivity index (χ3v) is 9.11. The number of unbranched alkanes of at least 4 members (excludes halogenated alkanes) is 1. The number of pyridine rings is 1. The van der Waals surface area contributed by atoms with Crippen molar-refractivity contribution in [2.24, 2.45) is 0 Å². The molecular weight excluding hydrogens is 664 g/mol. The lowest BCUT2D eigenvalue weighted by Gasteiger charge is -2.26. The van der Waals surface area contributed by atoms with Gasteiger partial charge in [-0.15, -0.1) is 0 Å². The van der Waals surface area contributed by atoms with Gasteiger partial charge in [0.25, 0.3) is 5.91 Å². The molecule has 0 spiro atoms. The Balaban J connectivity index is 0.972. The molecule has 0 bridgehead atoms. The van der Waals surface area contributed by atoms with Gasteiger partial charge in [-0.25, -0.2) is 14.5 Å². The van der Waals surface area contributed by atoms with Crippen molar-refractivity contribution in [3.05, 3.63) is 65.0 Å². The molecule has 2 aromatic heterocycles. The molecule has 1 atom stereocenters. The van der Waals surface area contributed by atoms with Gasteiger partial charge in [-0.3, -0.25) is 4.79 Å². The molecule has 1 unspecified atom stereocenters. The number of carbonyl (C=O) groups excluding carboxylic acids is 2. The molecule has 4 heterocycles. The number of fused-ring (bicyclic) bond motifs is 2. The SMILES string of the molecule is CCc1nc2c(cnn2CC)c(NC2CCOCC2)c1CNC(=O)Nc1ccc(C#CCCCNCC(O)c2ccc(O)c3c2OCC(=O)N3)cc1. The van der Waals surface area contributed by atoms with Crippen molar-refractivity contribution in [2.75, 3.05) is 48.9 Å². The van der Waals surface area contributed by atoms with Gasteiger partial charge in [0.15, 0.2) is 18.0 Å². The van der Waals surface area contributed by atoms with Crippen LogP contribution in [0.3, 0.4) is 0 Å². The maximum atomic E-state index is 13.0. The molecule has 2 aliphatic rings. The first-order valence-electron chi connectivity index (χ1n) is 17.9. The zero-order chi connectivity index (χ0) is 36.5. The molecule has 6 rings (SSSR count). The van der Waals surface area contributed by atoms with Crippen LogP contribution in [0.1, 0.15) is 68.0 Å². The van der Waals surface area contributed by atoms with E-state index < -0.39 is 6.10 Å². The Morgan fingerprint density at radius 1 is 1.15 bits per heavy atom. The van der Waals surface area contributed by atoms with Gasteiger partial charge < -0.3 is 46.3 Å². The van der Waals surface area contributed by atoms with E-state index in [9.17, 15) is 19.8 Å². The Kier molecular flexibility index (Phi) is 12.1. The van der Waals surface area contributed by atoms with Gasteiger partial charge in [-0.05, 0) is 75.5 Å². The van der Waals surface area contributed by atoms with E-state index in [0.29, 0.717) is 30.8 Å². The first kappa shape index (κ1) is 36.4. The minimum atomic E-state index is -0.881. The minimum absolute atomic E-state index is 0.111. The van der Waals surface area contributed by atoms with E-state index in [1.807, 2.05) is 42.1 Å². The summed E-state index contributed by atoms with van der Waals surface area (Å²) in [5.41, 5.74) is 5.87. The van der Waals surface area contributed by atoms with Gasteiger partial charge in [0.2, 0.25) is 0 Å². The highest BCUT2D eigenvalue weighted by molar-refractivity contribution is 5.97. The molecule has 0 aliphatic carbocycles. The molecule has 2 aromatic carbocycles. The van der Waals surface area contributed by atoms with Crippen LogP contribution in [0, 0.1) is 11.8 Å². The molecule has 4 aromatic rings. The van der Waals surface area contributed by atoms with Gasteiger partial charge in [0.05, 0.1) is 23.4 Å². The van der Waals surface area contributed by atoms with E-state index in [1.165, 1.54) is 6.07 Å². The maximum absolute atomic E-state index is 13.0. The molecule has 14 heteroatoms. The number of aromatic hydroxyl groups is 1. The number of amides is 3. The zero-order valence-corrected chi connectivity index (χ0v) is 29.6. The quantitative estimate of drug-likeness (QED) is 0.0596. The second kappa shape index (κ2) is 17.2. The van der Waals surface area contributed by atoms with Crippen molar-refractivity contribution in [1.82, 2.24) is 25.4 Å². The van der Waals surface area contributed by atoms with Crippen LogP contribution in [0.5, 0.6) is 11.5 Å². The molecule has 3 amide bonds. The molecule has 1 saturated heterocycles. The van der Waals surface area contributed by atoms with Crippen molar-refractivity contribution in [3.63, 3.8) is 0 Å². The molecule has 274 valence electrons. The van der Waals surface area contributed by atoms with E-state index in [4.69, 9.17) is 14.5 Å². The summed E-state index contributed by atoms with van der Waals surface area (Å²) >= 11 is 0. The number of aliphatic hydroxyl groups excluding tert-OH is 1. The number of aryl methyl sites for hydroxylation is 2. The van der Waals surface area contributed by atoms with E-state index in [-0.39, 0.29) is 48.3 Å². The van der Waals surface area contributed by atoms with Gasteiger partial charge in [0, 0.05) is 73.4 Å². The summed E-state index contributed by atoms with van der Waals surface area (Å²) in [5, 5.41) is 41.7. The lowest BCUT2D eigenvalue weighted by atomic mass is 10.0. The Bertz CT molecular complexity index is 1950. The number of anilines is 3. The summed E-state index contributed by atoms with van der Waals surface area (Å²) in [7, 11) is 0. The van der Waals surface area contributed by atoms with Crippen LogP contribution in [0.25, 0.3) is 11.0 Å². The highest BCUT2D eigenvalue weighted by atomic mass is 16.5. The number of carbonyl (C=O) groups is 2. The highest BCUT2D eigenvalue weighted by Gasteiger charge is 2.26. The molecule has 7 N–H and O–H groups in total. The smallest absolute Gasteiger partial charge is 0.319 e. The summed E-state index contributed by atoms with van der Waals surface area (Å²) in [5.74, 6) is 6.14. The van der Waals surface area contributed by atoms with E-state index in [1.54, 1.807) is 6.07 Å². The maximum Gasteiger partial charge on any atom is 0.319 e. The Morgan fingerprint density at radius 2 is 1.96 bits per heavy atom. The standard InChI is InChI=1S/C38H46N8O6/c1-3-30-28(34(42-26-15-18-51-19-16-26)29-21-41-46(4-2)37(29)44-30)20-40-38(50)43-25-11-9-24(10-12-25)8-6-5-7-17-39-22-32(48)27-13-14-31(47)35-36(27)52-23-33(49)45-35/h9-14,21,26,32,39,47-48H,3-5,7,15-20,22-23H2,1-2H3,(H,42,44)(H,45,49)(H2,40,43,50). The number of ether oxygens (including phenoxy) is 2. The molecule has 52 heavy (non-hydrogen) atoms. The number of hydrogen-bond donors (Lipinski definition) is 7. The average molecular weight is 711 g/mol. The van der Waals surface area contributed by atoms with Gasteiger partial charge in [-0.2, -0.15) is 5.10 Å². The Labute approximate surface area is 302 Å². The van der Waals surface area contributed by atoms with Crippen molar-refractivity contribution in [2.45, 2.75) is 71.2 Å². The van der Waals surface area contributed by atoms with Crippen molar-refractivity contribution >= 4 is 40.0 Å². The van der Waals surface area contributed by atoms with E-state index in [0.717, 1.165) is 79.0 Å². The van der Waals surface area contributed by atoms with Crippen LogP contribution in [-0.4, -0.2) is 75.9 Å². The van der Waals surface area contributed by atoms with Crippen molar-refractivity contribution < 1.29 is 29.3 Å². The number of nitrogens with one attached hydrogen (secondary N) is 5. The summed E-state index contributed by atoms with van der Waals surface area (Å²) in [4.78, 5) is 29.6. The number of hydrogen-bond acceptors (Lipinski definition) is 10. The molecule has 14 nitrogen and oxygen atoms in total. The topological polar surface area (TPSA) is 184 Å². The summed E-state index contributed by atoms with van der Waals surface area (Å²) in [6.45, 7) is 7.33. The minimum Gasteiger partial charge on any atom is -0.506 e. The van der Waals surface area contributed by atoms with Gasteiger partial charge >= 0.3 is 6.03 Å². The predicted molar refractivity (Wildman–Crippen MR) is 199 cm³/mol. The monoisotopic (exact) mass is 710 g/mol. The van der Waals surface area contributed by atoms with Gasteiger partial charge in [0.1, 0.15) is 11.4 Å². The van der Waals surface area contributed by atoms with Crippen LogP contribution in [-0.2, 0) is 29.0 Å². The number of benzene rings is 2.